The lowest BCUT2D eigenvalue weighted by atomic mass is 10.0. The van der Waals surface area contributed by atoms with Gasteiger partial charge in [0.05, 0.1) is 12.8 Å². The van der Waals surface area contributed by atoms with Gasteiger partial charge in [-0.25, -0.2) is 0 Å². The minimum atomic E-state index is -1.01. The van der Waals surface area contributed by atoms with Gasteiger partial charge in [-0.2, -0.15) is 0 Å². The third kappa shape index (κ3) is 4.46. The Morgan fingerprint density at radius 2 is 1.95 bits per heavy atom. The third-order valence-corrected chi connectivity index (χ3v) is 3.53. The molecule has 1 aromatic carbocycles. The van der Waals surface area contributed by atoms with Gasteiger partial charge in [-0.15, -0.1) is 0 Å². The second-order valence-corrected chi connectivity index (χ2v) is 5.28. The quantitative estimate of drug-likeness (QED) is 0.802. The monoisotopic (exact) mass is 294 g/mol. The van der Waals surface area contributed by atoms with Gasteiger partial charge in [0, 0.05) is 13.0 Å². The van der Waals surface area contributed by atoms with Crippen LogP contribution in [-0.4, -0.2) is 48.1 Å². The fraction of sp³-hybridized carbons (Fsp3) is 0.467. The average molecular weight is 294 g/mol. The number of hydrogen-bond donors (Lipinski definition) is 2. The smallest absolute Gasteiger partial charge is 0.323 e. The predicted molar refractivity (Wildman–Crippen MR) is 80.6 cm³/mol. The van der Waals surface area contributed by atoms with Gasteiger partial charge < -0.3 is 15.2 Å². The predicted octanol–water partition coefficient (Wildman–Crippen LogP) is 1.82. The first kappa shape index (κ1) is 17.0. The molecule has 0 aliphatic heterocycles. The van der Waals surface area contributed by atoms with E-state index in [9.17, 15) is 9.59 Å². The van der Waals surface area contributed by atoms with Gasteiger partial charge >= 0.3 is 5.97 Å². The molecule has 6 nitrogen and oxygen atoms in total. The summed E-state index contributed by atoms with van der Waals surface area (Å²) in [7, 11) is 3.22. The van der Waals surface area contributed by atoms with Crippen molar-refractivity contribution in [3.63, 3.8) is 0 Å². The number of carboxylic acids is 1. The molecule has 0 fully saturated rings. The zero-order valence-corrected chi connectivity index (χ0v) is 12.8. The van der Waals surface area contributed by atoms with Gasteiger partial charge in [-0.05, 0) is 33.0 Å². The molecule has 0 aliphatic carbocycles. The van der Waals surface area contributed by atoms with Crippen LogP contribution >= 0.6 is 0 Å². The molecule has 1 amide bonds. The van der Waals surface area contributed by atoms with Gasteiger partial charge in [0.25, 0.3) is 0 Å². The molecule has 0 heterocycles. The van der Waals surface area contributed by atoms with E-state index in [4.69, 9.17) is 9.84 Å². The summed E-state index contributed by atoms with van der Waals surface area (Å²) in [5, 5.41) is 11.9. The van der Waals surface area contributed by atoms with E-state index in [0.29, 0.717) is 18.0 Å². The number of likely N-dealkylation sites (N-methyl/N-ethyl adjacent to an activating group) is 1. The van der Waals surface area contributed by atoms with Crippen LogP contribution < -0.4 is 10.1 Å². The number of para-hydroxylation sites is 2. The minimum absolute atomic E-state index is 0.187. The van der Waals surface area contributed by atoms with Crippen molar-refractivity contribution in [1.29, 1.82) is 0 Å². The normalized spacial score (nSPS) is 11.3. The number of ether oxygens (including phenoxy) is 1. The van der Waals surface area contributed by atoms with Crippen LogP contribution in [0.4, 0.5) is 5.69 Å². The number of benzene rings is 1. The zero-order valence-electron chi connectivity index (χ0n) is 12.8. The van der Waals surface area contributed by atoms with Crippen LogP contribution in [0.3, 0.4) is 0 Å². The molecule has 0 unspecified atom stereocenters. The Morgan fingerprint density at radius 3 is 2.52 bits per heavy atom. The van der Waals surface area contributed by atoms with Crippen molar-refractivity contribution >= 4 is 17.6 Å². The van der Waals surface area contributed by atoms with Crippen LogP contribution in [0.25, 0.3) is 0 Å². The minimum Gasteiger partial charge on any atom is -0.495 e. The van der Waals surface area contributed by atoms with E-state index in [-0.39, 0.29) is 12.3 Å². The Hall–Kier alpha value is -2.08. The molecule has 6 heteroatoms. The number of carboxylic acid groups (broad SMARTS) is 1. The maximum absolute atomic E-state index is 11.9. The van der Waals surface area contributed by atoms with Crippen LogP contribution in [0.1, 0.15) is 20.3 Å². The van der Waals surface area contributed by atoms with Gasteiger partial charge in [-0.1, -0.05) is 12.1 Å². The maximum Gasteiger partial charge on any atom is 0.323 e. The summed E-state index contributed by atoms with van der Waals surface area (Å²) in [4.78, 5) is 24.7. The standard InChI is InChI=1S/C15H22N2O4/c1-15(2,14(19)20)17(3)10-9-13(18)16-11-7-5-6-8-12(11)21-4/h5-8H,9-10H2,1-4H3,(H,16,18)(H,19,20). The van der Waals surface area contributed by atoms with E-state index in [1.165, 1.54) is 7.11 Å². The highest BCUT2D eigenvalue weighted by atomic mass is 16.5. The molecular formula is C15H22N2O4. The highest BCUT2D eigenvalue weighted by Gasteiger charge is 2.31. The first-order valence-corrected chi connectivity index (χ1v) is 6.66. The number of anilines is 1. The molecule has 2 N–H and O–H groups in total. The van der Waals surface area contributed by atoms with Crippen molar-refractivity contribution in [2.24, 2.45) is 0 Å². The SMILES string of the molecule is COc1ccccc1NC(=O)CCN(C)C(C)(C)C(=O)O. The summed E-state index contributed by atoms with van der Waals surface area (Å²) in [6.07, 6.45) is 0.200. The molecular weight excluding hydrogens is 272 g/mol. The van der Waals surface area contributed by atoms with Crippen molar-refractivity contribution in [2.45, 2.75) is 25.8 Å². The number of carbonyl (C=O) groups is 2. The second-order valence-electron chi connectivity index (χ2n) is 5.28. The Labute approximate surface area is 124 Å². The number of rotatable bonds is 7. The van der Waals surface area contributed by atoms with Gasteiger partial charge in [0.2, 0.25) is 5.91 Å². The summed E-state index contributed by atoms with van der Waals surface area (Å²) in [6.45, 7) is 3.56. The highest BCUT2D eigenvalue weighted by molar-refractivity contribution is 5.92. The lowest BCUT2D eigenvalue weighted by Gasteiger charge is -2.31. The summed E-state index contributed by atoms with van der Waals surface area (Å²) in [6, 6.07) is 7.13. The van der Waals surface area contributed by atoms with E-state index in [1.807, 2.05) is 6.07 Å². The van der Waals surface area contributed by atoms with Crippen LogP contribution in [0.2, 0.25) is 0 Å². The zero-order chi connectivity index (χ0) is 16.0. The molecule has 0 bridgehead atoms. The third-order valence-electron chi connectivity index (χ3n) is 3.53. The largest absolute Gasteiger partial charge is 0.495 e. The van der Waals surface area contributed by atoms with Gasteiger partial charge in [0.15, 0.2) is 0 Å². The van der Waals surface area contributed by atoms with E-state index < -0.39 is 11.5 Å². The van der Waals surface area contributed by atoms with Crippen molar-refractivity contribution in [3.8, 4) is 5.75 Å². The van der Waals surface area contributed by atoms with Crippen LogP contribution in [0.5, 0.6) is 5.75 Å². The molecule has 116 valence electrons. The Bertz CT molecular complexity index is 514. The van der Waals surface area contributed by atoms with E-state index in [1.54, 1.807) is 44.0 Å². The first-order valence-electron chi connectivity index (χ1n) is 6.66. The molecule has 1 rings (SSSR count). The lowest BCUT2D eigenvalue weighted by Crippen LogP contribution is -2.48. The Kier molecular flexibility index (Phi) is 5.72. The molecule has 0 saturated carbocycles. The summed E-state index contributed by atoms with van der Waals surface area (Å²) < 4.78 is 5.15. The molecule has 0 aliphatic rings. The van der Waals surface area contributed by atoms with Crippen LogP contribution in [0.15, 0.2) is 24.3 Å². The van der Waals surface area contributed by atoms with Crippen molar-refractivity contribution in [3.05, 3.63) is 24.3 Å². The highest BCUT2D eigenvalue weighted by Crippen LogP contribution is 2.23. The van der Waals surface area contributed by atoms with Crippen LogP contribution in [0, 0.1) is 0 Å². The van der Waals surface area contributed by atoms with E-state index >= 15 is 0 Å². The Balaban J connectivity index is 2.57. The van der Waals surface area contributed by atoms with E-state index in [2.05, 4.69) is 5.32 Å². The van der Waals surface area contributed by atoms with Gasteiger partial charge in [0.1, 0.15) is 11.3 Å². The maximum atomic E-state index is 11.9. The molecule has 0 aromatic heterocycles. The molecule has 1 aromatic rings. The Morgan fingerprint density at radius 1 is 1.33 bits per heavy atom. The fourth-order valence-electron chi connectivity index (χ4n) is 1.67. The average Bonchev–Trinajstić information content (AvgIpc) is 2.45. The number of nitrogens with one attached hydrogen (secondary N) is 1. The number of aliphatic carboxylic acids is 1. The second kappa shape index (κ2) is 7.08. The summed E-state index contributed by atoms with van der Waals surface area (Å²) >= 11 is 0. The molecule has 0 radical (unpaired) electrons. The van der Waals surface area contributed by atoms with E-state index in [0.717, 1.165) is 0 Å². The number of carbonyl (C=O) groups excluding carboxylic acids is 1. The molecule has 21 heavy (non-hydrogen) atoms. The molecule has 0 spiro atoms. The van der Waals surface area contributed by atoms with Crippen LogP contribution in [-0.2, 0) is 9.59 Å². The lowest BCUT2D eigenvalue weighted by molar-refractivity contribution is -0.148. The summed E-state index contributed by atoms with van der Waals surface area (Å²) in [5.41, 5.74) is -0.407. The van der Waals surface area contributed by atoms with Crippen molar-refractivity contribution < 1.29 is 19.4 Å². The number of amides is 1. The molecule has 0 saturated heterocycles. The summed E-state index contributed by atoms with van der Waals surface area (Å²) in [5.74, 6) is -0.521. The fourth-order valence-corrected chi connectivity index (χ4v) is 1.67. The number of methoxy groups -OCH3 is 1. The number of hydrogen-bond acceptors (Lipinski definition) is 4. The van der Waals surface area contributed by atoms with Crippen molar-refractivity contribution in [2.75, 3.05) is 26.0 Å². The topological polar surface area (TPSA) is 78.9 Å². The van der Waals surface area contributed by atoms with Crippen molar-refractivity contribution in [1.82, 2.24) is 4.90 Å². The number of nitrogens with zero attached hydrogens (tertiary/aromatic N) is 1. The molecule has 0 atom stereocenters. The van der Waals surface area contributed by atoms with Gasteiger partial charge in [-0.3, -0.25) is 14.5 Å². The first-order chi connectivity index (χ1) is 9.78.